The Balaban J connectivity index is 1.88. The fourth-order valence-corrected chi connectivity index (χ4v) is 5.54. The molecule has 2 N–H and O–H groups in total. The van der Waals surface area contributed by atoms with E-state index in [9.17, 15) is 22.4 Å². The van der Waals surface area contributed by atoms with E-state index >= 15 is 0 Å². The van der Waals surface area contributed by atoms with Gasteiger partial charge in [-0.2, -0.15) is 18.3 Å². The summed E-state index contributed by atoms with van der Waals surface area (Å²) in [7, 11) is 0. The molecule has 0 fully saturated rings. The van der Waals surface area contributed by atoms with Gasteiger partial charge >= 0.3 is 6.18 Å². The molecule has 2 heterocycles. The van der Waals surface area contributed by atoms with E-state index < -0.39 is 28.3 Å². The van der Waals surface area contributed by atoms with Gasteiger partial charge in [-0.3, -0.25) is 4.79 Å². The van der Waals surface area contributed by atoms with Gasteiger partial charge in [0.25, 0.3) is 0 Å². The van der Waals surface area contributed by atoms with Crippen LogP contribution in [0.15, 0.2) is 47.6 Å². The second kappa shape index (κ2) is 7.83. The van der Waals surface area contributed by atoms with Crippen LogP contribution in [-0.2, 0) is 15.8 Å². The monoisotopic (exact) mass is 453 g/mol. The second-order valence-electron chi connectivity index (χ2n) is 7.31. The van der Waals surface area contributed by atoms with Crippen molar-refractivity contribution >= 4 is 22.7 Å². The molecule has 2 aliphatic rings. The minimum absolute atomic E-state index is 0.00229. The fourth-order valence-electron chi connectivity index (χ4n) is 3.97. The molecule has 2 aromatic carbocycles. The molecule has 0 bridgehead atoms. The molecule has 10 heteroatoms. The van der Waals surface area contributed by atoms with E-state index in [1.807, 2.05) is 0 Å². The fraction of sp³-hybridized carbons (Fsp3) is 0.333. The number of carbonyl (C=O) groups is 1. The van der Waals surface area contributed by atoms with E-state index in [0.717, 1.165) is 23.9 Å². The Morgan fingerprint density at radius 2 is 2.06 bits per heavy atom. The zero-order chi connectivity index (χ0) is 22.4. The Bertz CT molecular complexity index is 1060. The molecule has 0 unspecified atom stereocenters. The van der Waals surface area contributed by atoms with Gasteiger partial charge in [0, 0.05) is 24.0 Å². The highest BCUT2D eigenvalue weighted by atomic mass is 32.2. The predicted molar refractivity (Wildman–Crippen MR) is 109 cm³/mol. The van der Waals surface area contributed by atoms with Gasteiger partial charge in [0.05, 0.1) is 12.2 Å². The number of ether oxygens (including phenoxy) is 1. The summed E-state index contributed by atoms with van der Waals surface area (Å²) in [6, 6.07) is 9.25. The SMILES string of the molecule is CC(=O)N1N=C(c2cc(C(F)(F)F)ccc2F)S[C@@]12c1ccccc1OC[C@@H]2CCN. The van der Waals surface area contributed by atoms with Gasteiger partial charge in [0.2, 0.25) is 5.91 Å². The quantitative estimate of drug-likeness (QED) is 0.704. The van der Waals surface area contributed by atoms with Crippen molar-refractivity contribution in [3.8, 4) is 5.75 Å². The number of hydrogen-bond donors (Lipinski definition) is 1. The lowest BCUT2D eigenvalue weighted by molar-refractivity contribution is -0.137. The third-order valence-electron chi connectivity index (χ3n) is 5.36. The second-order valence-corrected chi connectivity index (χ2v) is 8.52. The summed E-state index contributed by atoms with van der Waals surface area (Å²) < 4.78 is 60.2. The maximum atomic E-state index is 14.6. The lowest BCUT2D eigenvalue weighted by atomic mass is 9.86. The van der Waals surface area contributed by atoms with Crippen LogP contribution in [0.1, 0.15) is 30.0 Å². The standard InChI is InChI=1S/C21H19F4N3O2S/c1-12(29)28-20(14(8-9-26)11-30-18-5-3-2-4-16(18)20)31-19(27-28)15-10-13(21(23,24)25)6-7-17(15)22/h2-7,10,14H,8-9,11,26H2,1H3/t14-,20-/m0/s1. The Labute approximate surface area is 180 Å². The van der Waals surface area contributed by atoms with Crippen LogP contribution in [-0.4, -0.2) is 29.1 Å². The van der Waals surface area contributed by atoms with Gasteiger partial charge in [0.1, 0.15) is 16.6 Å². The Morgan fingerprint density at radius 1 is 1.32 bits per heavy atom. The lowest BCUT2D eigenvalue weighted by Crippen LogP contribution is -2.51. The van der Waals surface area contributed by atoms with Crippen LogP contribution in [0.5, 0.6) is 5.75 Å². The number of carbonyl (C=O) groups excluding carboxylic acids is 1. The Hall–Kier alpha value is -2.59. The van der Waals surface area contributed by atoms with E-state index in [4.69, 9.17) is 10.5 Å². The summed E-state index contributed by atoms with van der Waals surface area (Å²) in [4.78, 5) is 11.5. The van der Waals surface area contributed by atoms with Gasteiger partial charge < -0.3 is 10.5 Å². The van der Waals surface area contributed by atoms with E-state index in [0.29, 0.717) is 30.3 Å². The summed E-state index contributed by atoms with van der Waals surface area (Å²) >= 11 is 1.06. The predicted octanol–water partition coefficient (Wildman–Crippen LogP) is 4.31. The van der Waals surface area contributed by atoms with Gasteiger partial charge in [-0.25, -0.2) is 9.40 Å². The third-order valence-corrected chi connectivity index (χ3v) is 6.89. The highest BCUT2D eigenvalue weighted by molar-refractivity contribution is 8.15. The van der Waals surface area contributed by atoms with Crippen molar-refractivity contribution in [3.63, 3.8) is 0 Å². The first-order valence-corrected chi connectivity index (χ1v) is 10.4. The number of thioether (sulfide) groups is 1. The normalized spacial score (nSPS) is 22.8. The topological polar surface area (TPSA) is 67.9 Å². The maximum absolute atomic E-state index is 14.6. The Kier molecular flexibility index (Phi) is 5.47. The van der Waals surface area contributed by atoms with Gasteiger partial charge in [-0.15, -0.1) is 0 Å². The average Bonchev–Trinajstić information content (AvgIpc) is 3.11. The zero-order valence-electron chi connectivity index (χ0n) is 16.4. The highest BCUT2D eigenvalue weighted by Gasteiger charge is 2.56. The minimum atomic E-state index is -4.64. The van der Waals surface area contributed by atoms with Crippen molar-refractivity contribution in [2.24, 2.45) is 16.8 Å². The number of nitrogens with two attached hydrogens (primary N) is 1. The van der Waals surface area contributed by atoms with Gasteiger partial charge in [-0.05, 0) is 37.2 Å². The summed E-state index contributed by atoms with van der Waals surface area (Å²) in [6.07, 6.45) is -4.17. The molecule has 5 nitrogen and oxygen atoms in total. The summed E-state index contributed by atoms with van der Waals surface area (Å²) in [5, 5.41) is 5.54. The van der Waals surface area contributed by atoms with Gasteiger partial charge in [0.15, 0.2) is 4.87 Å². The molecule has 164 valence electrons. The Morgan fingerprint density at radius 3 is 2.74 bits per heavy atom. The third kappa shape index (κ3) is 3.57. The summed E-state index contributed by atoms with van der Waals surface area (Å²) in [5.74, 6) is -1.05. The van der Waals surface area contributed by atoms with Crippen LogP contribution < -0.4 is 10.5 Å². The number of fused-ring (bicyclic) bond motifs is 2. The molecule has 2 aromatic rings. The van der Waals surface area contributed by atoms with Crippen LogP contribution in [0.25, 0.3) is 0 Å². The number of rotatable bonds is 3. The molecule has 4 rings (SSSR count). The minimum Gasteiger partial charge on any atom is -0.493 e. The molecule has 2 atom stereocenters. The number of benzene rings is 2. The first-order valence-electron chi connectivity index (χ1n) is 9.56. The van der Waals surface area contributed by atoms with Crippen LogP contribution in [0.2, 0.25) is 0 Å². The van der Waals surface area contributed by atoms with E-state index in [1.165, 1.54) is 11.9 Å². The largest absolute Gasteiger partial charge is 0.493 e. The van der Waals surface area contributed by atoms with Crippen molar-refractivity contribution in [2.75, 3.05) is 13.2 Å². The van der Waals surface area contributed by atoms with Crippen LogP contribution in [0.3, 0.4) is 0 Å². The van der Waals surface area contributed by atoms with Crippen LogP contribution in [0.4, 0.5) is 17.6 Å². The van der Waals surface area contributed by atoms with Gasteiger partial charge in [-0.1, -0.05) is 30.0 Å². The number of amides is 1. The maximum Gasteiger partial charge on any atom is 0.416 e. The number of alkyl halides is 3. The molecule has 0 aromatic heterocycles. The molecule has 2 aliphatic heterocycles. The molecule has 0 saturated heterocycles. The average molecular weight is 453 g/mol. The molecule has 31 heavy (non-hydrogen) atoms. The zero-order valence-corrected chi connectivity index (χ0v) is 17.3. The smallest absolute Gasteiger partial charge is 0.416 e. The van der Waals surface area contributed by atoms with E-state index in [1.54, 1.807) is 24.3 Å². The molecular formula is C21H19F4N3O2S. The molecule has 0 radical (unpaired) electrons. The van der Waals surface area contributed by atoms with E-state index in [2.05, 4.69) is 5.10 Å². The molecule has 1 amide bonds. The molecule has 0 saturated carbocycles. The lowest BCUT2D eigenvalue weighted by Gasteiger charge is -2.45. The highest BCUT2D eigenvalue weighted by Crippen LogP contribution is 2.57. The van der Waals surface area contributed by atoms with Crippen molar-refractivity contribution < 1.29 is 27.1 Å². The van der Waals surface area contributed by atoms with Crippen molar-refractivity contribution in [2.45, 2.75) is 24.4 Å². The number of nitrogens with zero attached hydrogens (tertiary/aromatic N) is 2. The molecule has 1 spiro atoms. The van der Waals surface area contributed by atoms with Crippen LogP contribution >= 0.6 is 11.8 Å². The number of para-hydroxylation sites is 1. The van der Waals surface area contributed by atoms with E-state index in [-0.39, 0.29) is 23.1 Å². The number of halogens is 4. The summed E-state index contributed by atoms with van der Waals surface area (Å²) in [6.45, 7) is 1.85. The first-order chi connectivity index (χ1) is 14.7. The van der Waals surface area contributed by atoms with Crippen molar-refractivity contribution in [1.82, 2.24) is 5.01 Å². The molecular weight excluding hydrogens is 434 g/mol. The molecule has 0 aliphatic carbocycles. The number of hydrazone groups is 1. The van der Waals surface area contributed by atoms with Crippen molar-refractivity contribution in [3.05, 3.63) is 65.0 Å². The van der Waals surface area contributed by atoms with Crippen molar-refractivity contribution in [1.29, 1.82) is 0 Å². The number of hydrogen-bond acceptors (Lipinski definition) is 5. The first kappa shape index (κ1) is 21.6. The van der Waals surface area contributed by atoms with Crippen LogP contribution in [0, 0.1) is 11.7 Å². The summed E-state index contributed by atoms with van der Waals surface area (Å²) in [5.41, 5.74) is 5.14.